The maximum atomic E-state index is 11.5. The zero-order valence-electron chi connectivity index (χ0n) is 10.9. The summed E-state index contributed by atoms with van der Waals surface area (Å²) in [5.41, 5.74) is 1.73. The molecule has 2 aromatic rings. The number of nitrogens with zero attached hydrogens (tertiary/aromatic N) is 2. The number of aromatic nitrogens is 1. The van der Waals surface area contributed by atoms with Gasteiger partial charge in [-0.25, -0.2) is 0 Å². The number of hydrogen-bond donors (Lipinski definition) is 0. The molecule has 0 amide bonds. The third-order valence-electron chi connectivity index (χ3n) is 2.76. The Hall–Kier alpha value is -1.81. The molecule has 1 heterocycles. The van der Waals surface area contributed by atoms with Gasteiger partial charge in [-0.05, 0) is 31.2 Å². The van der Waals surface area contributed by atoms with E-state index >= 15 is 0 Å². The monoisotopic (exact) mass is 278 g/mol. The van der Waals surface area contributed by atoms with Crippen molar-refractivity contribution in [3.63, 3.8) is 0 Å². The van der Waals surface area contributed by atoms with Crippen molar-refractivity contribution < 1.29 is 9.53 Å². The average molecular weight is 279 g/mol. The lowest BCUT2D eigenvalue weighted by Gasteiger charge is -2.19. The quantitative estimate of drug-likeness (QED) is 0.807. The number of ether oxygens (including phenoxy) is 1. The summed E-state index contributed by atoms with van der Waals surface area (Å²) in [6.07, 6.45) is 1.70. The Morgan fingerprint density at radius 1 is 1.42 bits per heavy atom. The maximum absolute atomic E-state index is 11.5. The minimum atomic E-state index is -0.246. The van der Waals surface area contributed by atoms with Crippen LogP contribution in [0, 0.1) is 0 Å². The standard InChI is InChI=1S/C14H15ClN2O2/c1-3-19-14(18)9-17(2)13-6-7-16-12-8-10(15)4-5-11(12)13/h4-8H,3,9H2,1-2H3. The van der Waals surface area contributed by atoms with Gasteiger partial charge in [0.2, 0.25) is 0 Å². The fraction of sp³-hybridized carbons (Fsp3) is 0.286. The number of anilines is 1. The molecule has 1 aromatic heterocycles. The van der Waals surface area contributed by atoms with Gasteiger partial charge in [-0.3, -0.25) is 9.78 Å². The summed E-state index contributed by atoms with van der Waals surface area (Å²) < 4.78 is 4.95. The second-order valence-corrected chi connectivity index (χ2v) is 4.59. The summed E-state index contributed by atoms with van der Waals surface area (Å²) in [5, 5.41) is 1.60. The minimum absolute atomic E-state index is 0.204. The van der Waals surface area contributed by atoms with Crippen LogP contribution in [-0.2, 0) is 9.53 Å². The number of carbonyl (C=O) groups excluding carboxylic acids is 1. The number of pyridine rings is 1. The lowest BCUT2D eigenvalue weighted by molar-refractivity contribution is -0.141. The van der Waals surface area contributed by atoms with E-state index in [1.54, 1.807) is 19.2 Å². The van der Waals surface area contributed by atoms with E-state index in [0.717, 1.165) is 16.6 Å². The third kappa shape index (κ3) is 3.15. The number of esters is 1. The highest BCUT2D eigenvalue weighted by atomic mass is 35.5. The van der Waals surface area contributed by atoms with Gasteiger partial charge >= 0.3 is 5.97 Å². The number of halogens is 1. The second-order valence-electron chi connectivity index (χ2n) is 4.15. The van der Waals surface area contributed by atoms with Gasteiger partial charge in [-0.15, -0.1) is 0 Å². The van der Waals surface area contributed by atoms with E-state index in [4.69, 9.17) is 16.3 Å². The lowest BCUT2D eigenvalue weighted by atomic mass is 10.2. The van der Waals surface area contributed by atoms with Crippen LogP contribution in [0.25, 0.3) is 10.9 Å². The molecule has 100 valence electrons. The Labute approximate surface area is 116 Å². The zero-order chi connectivity index (χ0) is 13.8. The molecule has 2 rings (SSSR count). The predicted octanol–water partition coefficient (Wildman–Crippen LogP) is 2.89. The van der Waals surface area contributed by atoms with Crippen LogP contribution in [0.4, 0.5) is 5.69 Å². The molecule has 19 heavy (non-hydrogen) atoms. The van der Waals surface area contributed by atoms with Crippen LogP contribution in [0.3, 0.4) is 0 Å². The summed E-state index contributed by atoms with van der Waals surface area (Å²) in [7, 11) is 1.85. The van der Waals surface area contributed by atoms with Crippen molar-refractivity contribution in [1.82, 2.24) is 4.98 Å². The molecule has 0 aliphatic carbocycles. The zero-order valence-corrected chi connectivity index (χ0v) is 11.6. The minimum Gasteiger partial charge on any atom is -0.465 e. The van der Waals surface area contributed by atoms with Crippen molar-refractivity contribution >= 4 is 34.2 Å². The van der Waals surface area contributed by atoms with Crippen molar-refractivity contribution in [2.45, 2.75) is 6.92 Å². The SMILES string of the molecule is CCOC(=O)CN(C)c1ccnc2cc(Cl)ccc12. The van der Waals surface area contributed by atoms with Crippen LogP contribution in [-0.4, -0.2) is 31.2 Å². The van der Waals surface area contributed by atoms with Crippen molar-refractivity contribution in [2.24, 2.45) is 0 Å². The Balaban J connectivity index is 2.31. The Bertz CT molecular complexity index is 601. The second kappa shape index (κ2) is 5.89. The Morgan fingerprint density at radius 2 is 2.21 bits per heavy atom. The highest BCUT2D eigenvalue weighted by molar-refractivity contribution is 6.31. The van der Waals surface area contributed by atoms with E-state index in [1.807, 2.05) is 30.1 Å². The lowest BCUT2D eigenvalue weighted by Crippen LogP contribution is -2.27. The predicted molar refractivity (Wildman–Crippen MR) is 76.7 cm³/mol. The number of benzene rings is 1. The number of likely N-dealkylation sites (N-methyl/N-ethyl adjacent to an activating group) is 1. The van der Waals surface area contributed by atoms with Crippen LogP contribution >= 0.6 is 11.6 Å². The number of hydrogen-bond acceptors (Lipinski definition) is 4. The topological polar surface area (TPSA) is 42.4 Å². The molecule has 0 N–H and O–H groups in total. The first-order valence-electron chi connectivity index (χ1n) is 6.03. The van der Waals surface area contributed by atoms with Gasteiger partial charge < -0.3 is 9.64 Å². The van der Waals surface area contributed by atoms with Crippen molar-refractivity contribution in [3.05, 3.63) is 35.5 Å². The first kappa shape index (κ1) is 13.6. The van der Waals surface area contributed by atoms with Crippen LogP contribution < -0.4 is 4.90 Å². The van der Waals surface area contributed by atoms with Gasteiger partial charge in [0.25, 0.3) is 0 Å². The van der Waals surface area contributed by atoms with Crippen LogP contribution in [0.5, 0.6) is 0 Å². The van der Waals surface area contributed by atoms with Gasteiger partial charge in [0.05, 0.1) is 12.1 Å². The first-order valence-corrected chi connectivity index (χ1v) is 6.40. The first-order chi connectivity index (χ1) is 9.11. The Kier molecular flexibility index (Phi) is 4.22. The molecule has 0 fully saturated rings. The van der Waals surface area contributed by atoms with Crippen LogP contribution in [0.15, 0.2) is 30.5 Å². The summed E-state index contributed by atoms with van der Waals surface area (Å²) >= 11 is 5.95. The third-order valence-corrected chi connectivity index (χ3v) is 3.00. The normalized spacial score (nSPS) is 10.5. The smallest absolute Gasteiger partial charge is 0.325 e. The molecule has 0 aliphatic rings. The van der Waals surface area contributed by atoms with Crippen LogP contribution in [0.1, 0.15) is 6.92 Å². The van der Waals surface area contributed by atoms with E-state index in [1.165, 1.54) is 0 Å². The van der Waals surface area contributed by atoms with Gasteiger partial charge in [0, 0.05) is 29.3 Å². The summed E-state index contributed by atoms with van der Waals surface area (Å²) in [4.78, 5) is 17.6. The van der Waals surface area contributed by atoms with Crippen molar-refractivity contribution in [1.29, 1.82) is 0 Å². The van der Waals surface area contributed by atoms with E-state index in [9.17, 15) is 4.79 Å². The fourth-order valence-electron chi connectivity index (χ4n) is 1.92. The summed E-state index contributed by atoms with van der Waals surface area (Å²) in [5.74, 6) is -0.246. The van der Waals surface area contributed by atoms with Gasteiger partial charge in [-0.2, -0.15) is 0 Å². The summed E-state index contributed by atoms with van der Waals surface area (Å²) in [6.45, 7) is 2.39. The average Bonchev–Trinajstić information content (AvgIpc) is 2.37. The molecule has 0 saturated carbocycles. The molecule has 0 spiro atoms. The van der Waals surface area contributed by atoms with Crippen molar-refractivity contribution in [3.8, 4) is 0 Å². The highest BCUT2D eigenvalue weighted by Crippen LogP contribution is 2.26. The molecule has 5 heteroatoms. The van der Waals surface area contributed by atoms with Crippen molar-refractivity contribution in [2.75, 3.05) is 25.1 Å². The number of rotatable bonds is 4. The van der Waals surface area contributed by atoms with E-state index in [2.05, 4.69) is 4.98 Å². The molecule has 1 aromatic carbocycles. The molecular weight excluding hydrogens is 264 g/mol. The molecule has 0 saturated heterocycles. The van der Waals surface area contributed by atoms with Gasteiger partial charge in [-0.1, -0.05) is 11.6 Å². The molecule has 0 bridgehead atoms. The number of carbonyl (C=O) groups is 1. The van der Waals surface area contributed by atoms with Crippen LogP contribution in [0.2, 0.25) is 5.02 Å². The molecule has 0 atom stereocenters. The molecular formula is C14H15ClN2O2. The van der Waals surface area contributed by atoms with E-state index in [-0.39, 0.29) is 12.5 Å². The number of fused-ring (bicyclic) bond motifs is 1. The molecule has 0 unspecified atom stereocenters. The largest absolute Gasteiger partial charge is 0.465 e. The molecule has 0 aliphatic heterocycles. The fourth-order valence-corrected chi connectivity index (χ4v) is 2.09. The molecule has 0 radical (unpaired) electrons. The molecule has 4 nitrogen and oxygen atoms in total. The maximum Gasteiger partial charge on any atom is 0.325 e. The van der Waals surface area contributed by atoms with E-state index < -0.39 is 0 Å². The summed E-state index contributed by atoms with van der Waals surface area (Å²) in [6, 6.07) is 7.39. The van der Waals surface area contributed by atoms with E-state index in [0.29, 0.717) is 11.6 Å². The van der Waals surface area contributed by atoms with Gasteiger partial charge in [0.1, 0.15) is 6.54 Å². The van der Waals surface area contributed by atoms with Gasteiger partial charge in [0.15, 0.2) is 0 Å². The highest BCUT2D eigenvalue weighted by Gasteiger charge is 2.11. The Morgan fingerprint density at radius 3 is 2.95 bits per heavy atom.